The molecule has 0 unspecified atom stereocenters. The Morgan fingerprint density at radius 2 is 1.64 bits per heavy atom. The van der Waals surface area contributed by atoms with Gasteiger partial charge in [-0.15, -0.1) is 0 Å². The molecule has 0 fully saturated rings. The van der Waals surface area contributed by atoms with Gasteiger partial charge < -0.3 is 11.1 Å². The van der Waals surface area contributed by atoms with Crippen molar-refractivity contribution < 1.29 is 27.2 Å². The summed E-state index contributed by atoms with van der Waals surface area (Å²) < 4.78 is 51.2. The van der Waals surface area contributed by atoms with Gasteiger partial charge in [0.1, 0.15) is 11.9 Å². The van der Waals surface area contributed by atoms with Gasteiger partial charge >= 0.3 is 6.18 Å². The second-order valence-corrected chi connectivity index (χ2v) is 5.31. The number of nitrogens with two attached hydrogens (primary N) is 1. The van der Waals surface area contributed by atoms with Gasteiger partial charge in [0.25, 0.3) is 5.91 Å². The van der Waals surface area contributed by atoms with Crippen molar-refractivity contribution in [2.45, 2.75) is 18.6 Å². The Hall–Kier alpha value is -2.90. The Morgan fingerprint density at radius 3 is 2.16 bits per heavy atom. The SMILES string of the molecule is NC(=O)[C@H](Cc1ccc(C(F)(F)F)cc1)NC(=O)c1ccccc1F. The van der Waals surface area contributed by atoms with Gasteiger partial charge in [0, 0.05) is 6.42 Å². The summed E-state index contributed by atoms with van der Waals surface area (Å²) in [4.78, 5) is 23.6. The maximum atomic E-state index is 13.6. The minimum atomic E-state index is -4.47. The molecule has 0 aliphatic carbocycles. The summed E-state index contributed by atoms with van der Waals surface area (Å²) in [6.07, 6.45) is -4.59. The Balaban J connectivity index is 2.12. The van der Waals surface area contributed by atoms with Gasteiger partial charge in [0.15, 0.2) is 0 Å². The number of nitrogens with one attached hydrogen (secondary N) is 1. The molecule has 2 aromatic carbocycles. The van der Waals surface area contributed by atoms with E-state index in [9.17, 15) is 27.2 Å². The number of carbonyl (C=O) groups is 2. The molecular weight excluding hydrogens is 340 g/mol. The summed E-state index contributed by atoms with van der Waals surface area (Å²) in [5.41, 5.74) is 4.49. The van der Waals surface area contributed by atoms with E-state index in [4.69, 9.17) is 5.73 Å². The maximum absolute atomic E-state index is 13.6. The molecule has 0 aliphatic rings. The highest BCUT2D eigenvalue weighted by atomic mass is 19.4. The topological polar surface area (TPSA) is 72.2 Å². The van der Waals surface area contributed by atoms with Crippen LogP contribution in [0.1, 0.15) is 21.5 Å². The molecular formula is C17H14F4N2O2. The zero-order valence-electron chi connectivity index (χ0n) is 12.8. The van der Waals surface area contributed by atoms with Crippen LogP contribution in [-0.2, 0) is 17.4 Å². The largest absolute Gasteiger partial charge is 0.416 e. The maximum Gasteiger partial charge on any atom is 0.416 e. The number of rotatable bonds is 5. The number of hydrogen-bond acceptors (Lipinski definition) is 2. The first-order valence-corrected chi connectivity index (χ1v) is 7.19. The molecule has 2 rings (SSSR count). The second kappa shape index (κ2) is 7.33. The fraction of sp³-hybridized carbons (Fsp3) is 0.176. The third kappa shape index (κ3) is 4.79. The van der Waals surface area contributed by atoms with Crippen LogP contribution in [0.4, 0.5) is 17.6 Å². The van der Waals surface area contributed by atoms with Crippen LogP contribution in [0.2, 0.25) is 0 Å². The molecule has 2 aromatic rings. The van der Waals surface area contributed by atoms with Crippen LogP contribution in [0.25, 0.3) is 0 Å². The van der Waals surface area contributed by atoms with E-state index in [1.807, 2.05) is 0 Å². The van der Waals surface area contributed by atoms with Gasteiger partial charge in [-0.3, -0.25) is 9.59 Å². The Morgan fingerprint density at radius 1 is 1.04 bits per heavy atom. The molecule has 0 spiro atoms. The molecule has 0 aliphatic heterocycles. The van der Waals surface area contributed by atoms with Crippen molar-refractivity contribution in [2.75, 3.05) is 0 Å². The molecule has 3 N–H and O–H groups in total. The van der Waals surface area contributed by atoms with Crippen LogP contribution in [0.5, 0.6) is 0 Å². The Bertz CT molecular complexity index is 773. The van der Waals surface area contributed by atoms with E-state index in [0.717, 1.165) is 18.2 Å². The molecule has 0 saturated carbocycles. The van der Waals surface area contributed by atoms with Crippen LogP contribution in [0.3, 0.4) is 0 Å². The van der Waals surface area contributed by atoms with E-state index in [2.05, 4.69) is 5.32 Å². The van der Waals surface area contributed by atoms with Crippen molar-refractivity contribution in [3.05, 3.63) is 71.0 Å². The number of carbonyl (C=O) groups excluding carboxylic acids is 2. The van der Waals surface area contributed by atoms with Crippen LogP contribution in [0, 0.1) is 5.82 Å². The highest BCUT2D eigenvalue weighted by molar-refractivity contribution is 5.97. The monoisotopic (exact) mass is 354 g/mol. The molecule has 2 amide bonds. The van der Waals surface area contributed by atoms with Crippen molar-refractivity contribution in [3.63, 3.8) is 0 Å². The van der Waals surface area contributed by atoms with Crippen molar-refractivity contribution >= 4 is 11.8 Å². The first kappa shape index (κ1) is 18.4. The van der Waals surface area contributed by atoms with E-state index < -0.39 is 35.4 Å². The standard InChI is InChI=1S/C17H14F4N2O2/c18-13-4-2-1-3-12(13)16(25)23-14(15(22)24)9-10-5-7-11(8-6-10)17(19,20)21/h1-8,14H,9H2,(H2,22,24)(H,23,25)/t14-/m0/s1. The highest BCUT2D eigenvalue weighted by Gasteiger charge is 2.30. The van der Waals surface area contributed by atoms with Crippen LogP contribution < -0.4 is 11.1 Å². The quantitative estimate of drug-likeness (QED) is 0.811. The number of primary amides is 1. The molecule has 1 atom stereocenters. The predicted octanol–water partition coefficient (Wildman–Crippen LogP) is 2.67. The van der Waals surface area contributed by atoms with Crippen molar-refractivity contribution in [1.82, 2.24) is 5.32 Å². The molecule has 0 radical (unpaired) electrons. The third-order valence-corrected chi connectivity index (χ3v) is 3.49. The number of amides is 2. The zero-order valence-corrected chi connectivity index (χ0v) is 12.8. The molecule has 0 bridgehead atoms. The van der Waals surface area contributed by atoms with Crippen LogP contribution >= 0.6 is 0 Å². The molecule has 4 nitrogen and oxygen atoms in total. The molecule has 8 heteroatoms. The highest BCUT2D eigenvalue weighted by Crippen LogP contribution is 2.29. The van der Waals surface area contributed by atoms with Gasteiger partial charge in [-0.2, -0.15) is 13.2 Å². The third-order valence-electron chi connectivity index (χ3n) is 3.49. The lowest BCUT2D eigenvalue weighted by molar-refractivity contribution is -0.137. The normalized spacial score (nSPS) is 12.5. The average Bonchev–Trinajstić information content (AvgIpc) is 2.54. The molecule has 0 heterocycles. The summed E-state index contributed by atoms with van der Waals surface area (Å²) in [5, 5.41) is 2.29. The summed E-state index contributed by atoms with van der Waals surface area (Å²) in [7, 11) is 0. The van der Waals surface area contributed by atoms with Crippen LogP contribution in [-0.4, -0.2) is 17.9 Å². The minimum Gasteiger partial charge on any atom is -0.368 e. The summed E-state index contributed by atoms with van der Waals surface area (Å²) in [6.45, 7) is 0. The van der Waals surface area contributed by atoms with Crippen molar-refractivity contribution in [3.8, 4) is 0 Å². The molecule has 0 aromatic heterocycles. The summed E-state index contributed by atoms with van der Waals surface area (Å²) >= 11 is 0. The van der Waals surface area contributed by atoms with E-state index in [1.165, 1.54) is 30.3 Å². The second-order valence-electron chi connectivity index (χ2n) is 5.31. The lowest BCUT2D eigenvalue weighted by atomic mass is 10.0. The van der Waals surface area contributed by atoms with Gasteiger partial charge in [-0.25, -0.2) is 4.39 Å². The number of alkyl halides is 3. The first-order chi connectivity index (χ1) is 11.7. The molecule has 132 valence electrons. The zero-order chi connectivity index (χ0) is 18.6. The fourth-order valence-corrected chi connectivity index (χ4v) is 2.17. The van der Waals surface area contributed by atoms with Gasteiger partial charge in [-0.1, -0.05) is 24.3 Å². The number of halogens is 4. The fourth-order valence-electron chi connectivity index (χ4n) is 2.17. The van der Waals surface area contributed by atoms with Crippen molar-refractivity contribution in [2.24, 2.45) is 5.73 Å². The van der Waals surface area contributed by atoms with Crippen molar-refractivity contribution in [1.29, 1.82) is 0 Å². The summed E-state index contributed by atoms with van der Waals surface area (Å²) in [5.74, 6) is -2.49. The van der Waals surface area contributed by atoms with E-state index >= 15 is 0 Å². The Labute approximate surface area is 140 Å². The van der Waals surface area contributed by atoms with Gasteiger partial charge in [0.2, 0.25) is 5.91 Å². The predicted molar refractivity (Wildman–Crippen MR) is 82.0 cm³/mol. The number of benzene rings is 2. The molecule has 25 heavy (non-hydrogen) atoms. The van der Waals surface area contributed by atoms with Gasteiger partial charge in [0.05, 0.1) is 11.1 Å². The Kier molecular flexibility index (Phi) is 5.41. The molecule has 0 saturated heterocycles. The smallest absolute Gasteiger partial charge is 0.368 e. The van der Waals surface area contributed by atoms with E-state index in [1.54, 1.807) is 0 Å². The lowest BCUT2D eigenvalue weighted by Crippen LogP contribution is -2.46. The van der Waals surface area contributed by atoms with Gasteiger partial charge in [-0.05, 0) is 29.8 Å². The average molecular weight is 354 g/mol. The van der Waals surface area contributed by atoms with E-state index in [-0.39, 0.29) is 12.0 Å². The van der Waals surface area contributed by atoms with E-state index in [0.29, 0.717) is 5.56 Å². The number of hydrogen-bond donors (Lipinski definition) is 2. The summed E-state index contributed by atoms with van der Waals surface area (Å²) in [6, 6.07) is 8.10. The minimum absolute atomic E-state index is 0.117. The van der Waals surface area contributed by atoms with Crippen LogP contribution in [0.15, 0.2) is 48.5 Å². The lowest BCUT2D eigenvalue weighted by Gasteiger charge is -2.16. The first-order valence-electron chi connectivity index (χ1n) is 7.19.